The van der Waals surface area contributed by atoms with Crippen molar-refractivity contribution in [1.82, 2.24) is 19.7 Å². The van der Waals surface area contributed by atoms with Gasteiger partial charge in [0, 0.05) is 26.0 Å². The van der Waals surface area contributed by atoms with Gasteiger partial charge in [0.15, 0.2) is 0 Å². The van der Waals surface area contributed by atoms with E-state index in [9.17, 15) is 4.79 Å². The van der Waals surface area contributed by atoms with Crippen molar-refractivity contribution in [1.29, 1.82) is 10.8 Å². The van der Waals surface area contributed by atoms with Gasteiger partial charge in [0.1, 0.15) is 11.4 Å². The zero-order chi connectivity index (χ0) is 21.0. The summed E-state index contributed by atoms with van der Waals surface area (Å²) in [5, 5.41) is 22.0. The van der Waals surface area contributed by atoms with Gasteiger partial charge in [-0.2, -0.15) is 9.78 Å². The summed E-state index contributed by atoms with van der Waals surface area (Å²) in [7, 11) is 1.75. The van der Waals surface area contributed by atoms with Gasteiger partial charge in [-0.25, -0.2) is 0 Å². The second-order valence-corrected chi connectivity index (χ2v) is 8.88. The molecule has 0 atom stereocenters. The highest BCUT2D eigenvalue weighted by Gasteiger charge is 2.48. The minimum Gasteiger partial charge on any atom is -0.357 e. The van der Waals surface area contributed by atoms with Crippen LogP contribution in [-0.4, -0.2) is 38.9 Å². The summed E-state index contributed by atoms with van der Waals surface area (Å²) >= 11 is 0. The van der Waals surface area contributed by atoms with Gasteiger partial charge in [0.2, 0.25) is 0 Å². The van der Waals surface area contributed by atoms with Crippen molar-refractivity contribution >= 4 is 23.1 Å². The van der Waals surface area contributed by atoms with E-state index in [1.54, 1.807) is 18.1 Å². The first-order valence-electron chi connectivity index (χ1n) is 10.5. The highest BCUT2D eigenvalue weighted by atomic mass is 16.1. The SMILES string of the molecule is CC1CC(C(=N)N(C)C=N)(c2cccc(-n3nc(C4CC4)c4cc[nH]c4c3=O)c2)C1.[HH]. The van der Waals surface area contributed by atoms with Crippen molar-refractivity contribution in [2.75, 3.05) is 7.05 Å². The number of rotatable bonds is 5. The summed E-state index contributed by atoms with van der Waals surface area (Å²) in [6.07, 6.45) is 6.93. The maximum Gasteiger partial charge on any atom is 0.295 e. The fourth-order valence-corrected chi connectivity index (χ4v) is 4.94. The van der Waals surface area contributed by atoms with E-state index >= 15 is 0 Å². The zero-order valence-electron chi connectivity index (χ0n) is 17.3. The van der Waals surface area contributed by atoms with Crippen LogP contribution in [0.4, 0.5) is 0 Å². The molecule has 0 bridgehead atoms. The number of hydrogen-bond donors (Lipinski definition) is 3. The van der Waals surface area contributed by atoms with Gasteiger partial charge in [0.05, 0.1) is 23.1 Å². The minimum atomic E-state index is -0.429. The molecule has 2 aliphatic carbocycles. The van der Waals surface area contributed by atoms with Crippen molar-refractivity contribution in [3.8, 4) is 5.69 Å². The first kappa shape index (κ1) is 18.8. The quantitative estimate of drug-likeness (QED) is 0.442. The highest BCUT2D eigenvalue weighted by Crippen LogP contribution is 2.49. The molecule has 0 unspecified atom stereocenters. The molecule has 3 N–H and O–H groups in total. The van der Waals surface area contributed by atoms with Crippen LogP contribution < -0.4 is 5.56 Å². The van der Waals surface area contributed by atoms with Crippen LogP contribution >= 0.6 is 0 Å². The Morgan fingerprint density at radius 1 is 1.37 bits per heavy atom. The lowest BCUT2D eigenvalue weighted by Crippen LogP contribution is -2.52. The molecule has 2 aromatic heterocycles. The number of H-pyrrole nitrogens is 1. The Morgan fingerprint density at radius 3 is 2.80 bits per heavy atom. The molecule has 0 radical (unpaired) electrons. The van der Waals surface area contributed by atoms with Gasteiger partial charge in [-0.1, -0.05) is 19.1 Å². The topological polar surface area (TPSA) is 102 Å². The maximum atomic E-state index is 13.2. The van der Waals surface area contributed by atoms with Crippen molar-refractivity contribution in [2.45, 2.75) is 43.9 Å². The number of aromatic nitrogens is 3. The van der Waals surface area contributed by atoms with E-state index < -0.39 is 5.41 Å². The van der Waals surface area contributed by atoms with E-state index in [4.69, 9.17) is 15.9 Å². The van der Waals surface area contributed by atoms with Crippen LogP contribution in [0.3, 0.4) is 0 Å². The van der Waals surface area contributed by atoms with Crippen LogP contribution in [-0.2, 0) is 5.41 Å². The molecule has 30 heavy (non-hydrogen) atoms. The molecule has 7 nitrogen and oxygen atoms in total. The summed E-state index contributed by atoms with van der Waals surface area (Å²) in [6.45, 7) is 2.19. The Balaban J connectivity index is 0.00000231. The number of benzene rings is 1. The fraction of sp³-hybridized carbons (Fsp3) is 0.391. The van der Waals surface area contributed by atoms with E-state index in [1.165, 1.54) is 11.0 Å². The molecule has 2 aliphatic rings. The molecule has 0 aliphatic heterocycles. The standard InChI is InChI=1S/C23H26N6O.H2/c1-14-11-23(12-14,22(25)28(2)13-24)16-4-3-5-17(10-16)29-21(30)20-18(8-9-26-20)19(27-29)15-6-7-15;/h3-5,8-10,13-15,24-26H,6-7,11-12H2,1-2H3;1H. The number of hydrogen-bond acceptors (Lipinski definition) is 4. The molecule has 0 saturated heterocycles. The molecule has 1 aromatic carbocycles. The number of aromatic amines is 1. The molecular weight excluding hydrogens is 376 g/mol. The van der Waals surface area contributed by atoms with Gasteiger partial charge in [0.25, 0.3) is 5.56 Å². The van der Waals surface area contributed by atoms with Crippen LogP contribution in [0.2, 0.25) is 0 Å². The van der Waals surface area contributed by atoms with Crippen molar-refractivity contribution in [2.24, 2.45) is 5.92 Å². The first-order chi connectivity index (χ1) is 14.4. The molecular formula is C23H28N6O. The molecule has 2 heterocycles. The predicted octanol–water partition coefficient (Wildman–Crippen LogP) is 4.02. The Kier molecular flexibility index (Phi) is 4.17. The summed E-state index contributed by atoms with van der Waals surface area (Å²) in [5.41, 5.74) is 2.73. The molecule has 2 fully saturated rings. The largest absolute Gasteiger partial charge is 0.357 e. The molecule has 5 rings (SSSR count). The van der Waals surface area contributed by atoms with E-state index in [0.717, 1.165) is 48.0 Å². The summed E-state index contributed by atoms with van der Waals surface area (Å²) in [5.74, 6) is 1.36. The van der Waals surface area contributed by atoms with Crippen LogP contribution in [0.1, 0.15) is 51.2 Å². The van der Waals surface area contributed by atoms with Crippen LogP contribution in [0.15, 0.2) is 41.3 Å². The molecule has 0 amide bonds. The lowest BCUT2D eigenvalue weighted by molar-refractivity contribution is 0.217. The lowest BCUT2D eigenvalue weighted by Gasteiger charge is -2.48. The molecule has 156 valence electrons. The number of fused-ring (bicyclic) bond motifs is 1. The molecule has 2 saturated carbocycles. The monoisotopic (exact) mass is 404 g/mol. The van der Waals surface area contributed by atoms with Crippen molar-refractivity contribution in [3.63, 3.8) is 0 Å². The third-order valence-electron chi connectivity index (χ3n) is 6.64. The van der Waals surface area contributed by atoms with E-state index in [-0.39, 0.29) is 6.99 Å². The average molecular weight is 405 g/mol. The second kappa shape index (κ2) is 6.65. The van der Waals surface area contributed by atoms with E-state index in [0.29, 0.717) is 23.2 Å². The number of nitrogens with one attached hydrogen (secondary N) is 3. The van der Waals surface area contributed by atoms with Gasteiger partial charge in [-0.3, -0.25) is 15.6 Å². The Hall–Kier alpha value is -3.22. The lowest BCUT2D eigenvalue weighted by atomic mass is 9.58. The summed E-state index contributed by atoms with van der Waals surface area (Å²) in [4.78, 5) is 17.8. The average Bonchev–Trinajstić information content (AvgIpc) is 3.46. The molecule has 0 spiro atoms. The first-order valence-corrected chi connectivity index (χ1v) is 10.5. The Labute approximate surface area is 176 Å². The minimum absolute atomic E-state index is 0. The Morgan fingerprint density at radius 2 is 2.13 bits per heavy atom. The third kappa shape index (κ3) is 2.72. The normalized spacial score (nSPS) is 23.2. The summed E-state index contributed by atoms with van der Waals surface area (Å²) in [6, 6.07) is 9.82. The van der Waals surface area contributed by atoms with Crippen LogP contribution in [0.5, 0.6) is 0 Å². The fourth-order valence-electron chi connectivity index (χ4n) is 4.94. The van der Waals surface area contributed by atoms with Gasteiger partial charge >= 0.3 is 0 Å². The van der Waals surface area contributed by atoms with Crippen molar-refractivity contribution < 1.29 is 1.43 Å². The molecule has 7 heteroatoms. The second-order valence-electron chi connectivity index (χ2n) is 8.88. The zero-order valence-corrected chi connectivity index (χ0v) is 17.3. The smallest absolute Gasteiger partial charge is 0.295 e. The van der Waals surface area contributed by atoms with Crippen LogP contribution in [0.25, 0.3) is 16.6 Å². The number of nitrogens with zero attached hydrogens (tertiary/aromatic N) is 3. The maximum absolute atomic E-state index is 13.2. The van der Waals surface area contributed by atoms with Gasteiger partial charge < -0.3 is 9.88 Å². The Bertz CT molecular complexity index is 1220. The van der Waals surface area contributed by atoms with Crippen molar-refractivity contribution in [3.05, 3.63) is 58.1 Å². The van der Waals surface area contributed by atoms with Gasteiger partial charge in [-0.15, -0.1) is 0 Å². The third-order valence-corrected chi connectivity index (χ3v) is 6.64. The number of amidine groups is 1. The highest BCUT2D eigenvalue weighted by molar-refractivity contribution is 5.98. The van der Waals surface area contributed by atoms with E-state index in [2.05, 4.69) is 11.9 Å². The van der Waals surface area contributed by atoms with E-state index in [1.807, 2.05) is 30.3 Å². The predicted molar refractivity (Wildman–Crippen MR) is 120 cm³/mol. The molecule has 3 aromatic rings. The van der Waals surface area contributed by atoms with Gasteiger partial charge in [-0.05, 0) is 55.4 Å². The number of likely N-dealkylation sites (N-methyl/N-ethyl adjacent to an activating group) is 1. The van der Waals surface area contributed by atoms with Crippen LogP contribution in [0, 0.1) is 16.7 Å². The summed E-state index contributed by atoms with van der Waals surface area (Å²) < 4.78 is 1.51.